The lowest BCUT2D eigenvalue weighted by Crippen LogP contribution is -2.39. The standard InChI is InChI=1S/C21H29N5O2S.ClH/c1-6-24(7-2)13-14-26(20(27)16-11-12-25(8-3)23-16)21-22-18-17(28-5)10-9-15(4)19(18)29-21;/h9-12H,6-8,13-14H2,1-5H3;1H. The fourth-order valence-electron chi connectivity index (χ4n) is 3.23. The predicted octanol–water partition coefficient (Wildman–Crippen LogP) is 4.24. The van der Waals surface area contributed by atoms with Crippen LogP contribution < -0.4 is 9.64 Å². The van der Waals surface area contributed by atoms with Gasteiger partial charge < -0.3 is 9.64 Å². The van der Waals surface area contributed by atoms with E-state index in [1.807, 2.05) is 25.3 Å². The Hall–Kier alpha value is -2.16. The minimum atomic E-state index is -0.125. The van der Waals surface area contributed by atoms with Crippen molar-refractivity contribution in [1.29, 1.82) is 0 Å². The van der Waals surface area contributed by atoms with Crippen molar-refractivity contribution in [1.82, 2.24) is 19.7 Å². The summed E-state index contributed by atoms with van der Waals surface area (Å²) >= 11 is 1.52. The lowest BCUT2D eigenvalue weighted by atomic mass is 10.2. The molecule has 0 spiro atoms. The number of aromatic nitrogens is 3. The molecule has 2 aromatic heterocycles. The molecule has 0 saturated heterocycles. The van der Waals surface area contributed by atoms with E-state index >= 15 is 0 Å². The van der Waals surface area contributed by atoms with Gasteiger partial charge in [0, 0.05) is 25.8 Å². The van der Waals surface area contributed by atoms with Gasteiger partial charge in [0.25, 0.3) is 5.91 Å². The van der Waals surface area contributed by atoms with Crippen molar-refractivity contribution >= 4 is 45.0 Å². The summed E-state index contributed by atoms with van der Waals surface area (Å²) in [5.74, 6) is 0.597. The van der Waals surface area contributed by atoms with Crippen LogP contribution in [-0.2, 0) is 6.54 Å². The Balaban J connectivity index is 0.00000320. The molecule has 0 aliphatic heterocycles. The van der Waals surface area contributed by atoms with Crippen LogP contribution in [0.25, 0.3) is 10.2 Å². The molecule has 0 aliphatic carbocycles. The Bertz CT molecular complexity index is 983. The summed E-state index contributed by atoms with van der Waals surface area (Å²) in [5, 5.41) is 5.09. The maximum atomic E-state index is 13.3. The molecule has 1 aromatic carbocycles. The molecule has 0 fully saturated rings. The van der Waals surface area contributed by atoms with Crippen LogP contribution in [-0.4, -0.2) is 58.9 Å². The number of hydrogen-bond donors (Lipinski definition) is 0. The van der Waals surface area contributed by atoms with Crippen LogP contribution in [0.15, 0.2) is 24.4 Å². The third-order valence-electron chi connectivity index (χ3n) is 5.11. The van der Waals surface area contributed by atoms with Crippen LogP contribution in [0.1, 0.15) is 36.8 Å². The summed E-state index contributed by atoms with van der Waals surface area (Å²) in [7, 11) is 1.64. The molecule has 164 valence electrons. The highest BCUT2D eigenvalue weighted by molar-refractivity contribution is 7.22. The second-order valence-electron chi connectivity index (χ2n) is 6.80. The molecule has 0 radical (unpaired) electrons. The maximum Gasteiger partial charge on any atom is 0.280 e. The van der Waals surface area contributed by atoms with E-state index in [1.165, 1.54) is 11.3 Å². The van der Waals surface area contributed by atoms with E-state index in [4.69, 9.17) is 9.72 Å². The van der Waals surface area contributed by atoms with E-state index in [1.54, 1.807) is 22.8 Å². The van der Waals surface area contributed by atoms with Gasteiger partial charge in [0.2, 0.25) is 0 Å². The van der Waals surface area contributed by atoms with E-state index < -0.39 is 0 Å². The number of fused-ring (bicyclic) bond motifs is 1. The van der Waals surface area contributed by atoms with Crippen LogP contribution >= 0.6 is 23.7 Å². The van der Waals surface area contributed by atoms with Gasteiger partial charge in [-0.05, 0) is 44.6 Å². The molecular weight excluding hydrogens is 422 g/mol. The number of thiazole rings is 1. The molecule has 0 unspecified atom stereocenters. The van der Waals surface area contributed by atoms with Gasteiger partial charge in [0.15, 0.2) is 10.8 Å². The van der Waals surface area contributed by atoms with Gasteiger partial charge in [0.05, 0.1) is 11.8 Å². The Morgan fingerprint density at radius 3 is 2.50 bits per heavy atom. The van der Waals surface area contributed by atoms with Gasteiger partial charge in [0.1, 0.15) is 11.3 Å². The first-order valence-corrected chi connectivity index (χ1v) is 10.9. The van der Waals surface area contributed by atoms with Crippen LogP contribution in [0.4, 0.5) is 5.13 Å². The molecular formula is C21H30ClN5O2S. The monoisotopic (exact) mass is 451 g/mol. The van der Waals surface area contributed by atoms with E-state index in [-0.39, 0.29) is 18.3 Å². The summed E-state index contributed by atoms with van der Waals surface area (Å²) in [5.41, 5.74) is 2.36. The first-order valence-electron chi connectivity index (χ1n) is 10.0. The van der Waals surface area contributed by atoms with Crippen molar-refractivity contribution < 1.29 is 9.53 Å². The van der Waals surface area contributed by atoms with Gasteiger partial charge in [-0.2, -0.15) is 5.10 Å². The normalized spacial score (nSPS) is 11.0. The summed E-state index contributed by atoms with van der Waals surface area (Å²) in [6.07, 6.45) is 1.83. The largest absolute Gasteiger partial charge is 0.494 e. The van der Waals surface area contributed by atoms with Crippen LogP contribution in [0.3, 0.4) is 0 Å². The SMILES string of the molecule is CCN(CC)CCN(C(=O)c1ccn(CC)n1)c1nc2c(OC)ccc(C)c2s1.Cl. The fraction of sp³-hybridized carbons (Fsp3) is 0.476. The first kappa shape index (κ1) is 24.1. The van der Waals surface area contributed by atoms with Crippen molar-refractivity contribution in [2.45, 2.75) is 34.2 Å². The second-order valence-corrected chi connectivity index (χ2v) is 7.78. The molecule has 0 N–H and O–H groups in total. The summed E-state index contributed by atoms with van der Waals surface area (Å²) < 4.78 is 8.29. The minimum Gasteiger partial charge on any atom is -0.494 e. The maximum absolute atomic E-state index is 13.3. The summed E-state index contributed by atoms with van der Waals surface area (Å²) in [4.78, 5) is 22.2. The van der Waals surface area contributed by atoms with Crippen molar-refractivity contribution in [3.63, 3.8) is 0 Å². The van der Waals surface area contributed by atoms with Gasteiger partial charge in [-0.25, -0.2) is 4.98 Å². The molecule has 0 saturated carbocycles. The number of nitrogens with zero attached hydrogens (tertiary/aromatic N) is 5. The molecule has 3 rings (SSSR count). The average molecular weight is 452 g/mol. The van der Waals surface area contributed by atoms with Gasteiger partial charge >= 0.3 is 0 Å². The number of rotatable bonds is 9. The number of anilines is 1. The second kappa shape index (κ2) is 10.7. The molecule has 30 heavy (non-hydrogen) atoms. The number of carbonyl (C=O) groups excluding carboxylic acids is 1. The fourth-order valence-corrected chi connectivity index (χ4v) is 4.31. The third-order valence-corrected chi connectivity index (χ3v) is 6.32. The number of aryl methyl sites for hydroxylation is 2. The van der Waals surface area contributed by atoms with Crippen molar-refractivity contribution in [3.8, 4) is 5.75 Å². The Morgan fingerprint density at radius 2 is 1.90 bits per heavy atom. The van der Waals surface area contributed by atoms with Gasteiger partial charge in [-0.15, -0.1) is 12.4 Å². The number of benzene rings is 1. The number of halogens is 1. The van der Waals surface area contributed by atoms with E-state index in [2.05, 4.69) is 30.8 Å². The molecule has 0 atom stereocenters. The quantitative estimate of drug-likeness (QED) is 0.487. The van der Waals surface area contributed by atoms with E-state index in [9.17, 15) is 4.79 Å². The zero-order valence-electron chi connectivity index (χ0n) is 18.2. The lowest BCUT2D eigenvalue weighted by Gasteiger charge is -2.24. The molecule has 7 nitrogen and oxygen atoms in total. The van der Waals surface area contributed by atoms with Crippen LogP contribution in [0, 0.1) is 6.92 Å². The Morgan fingerprint density at radius 1 is 1.17 bits per heavy atom. The molecule has 3 aromatic rings. The molecule has 1 amide bonds. The summed E-state index contributed by atoms with van der Waals surface area (Å²) in [6.45, 7) is 12.3. The number of hydrogen-bond acceptors (Lipinski definition) is 6. The minimum absolute atomic E-state index is 0. The topological polar surface area (TPSA) is 63.5 Å². The molecule has 9 heteroatoms. The highest BCUT2D eigenvalue weighted by atomic mass is 35.5. The van der Waals surface area contributed by atoms with Gasteiger partial charge in [-0.1, -0.05) is 31.3 Å². The number of ether oxygens (including phenoxy) is 1. The molecule has 2 heterocycles. The van der Waals surface area contributed by atoms with Gasteiger partial charge in [-0.3, -0.25) is 14.4 Å². The predicted molar refractivity (Wildman–Crippen MR) is 126 cm³/mol. The number of methoxy groups -OCH3 is 1. The van der Waals surface area contributed by atoms with Crippen molar-refractivity contribution in [2.75, 3.05) is 38.2 Å². The summed E-state index contributed by atoms with van der Waals surface area (Å²) in [6, 6.07) is 5.72. The van der Waals surface area contributed by atoms with Crippen LogP contribution in [0.2, 0.25) is 0 Å². The van der Waals surface area contributed by atoms with Crippen LogP contribution in [0.5, 0.6) is 5.75 Å². The lowest BCUT2D eigenvalue weighted by molar-refractivity contribution is 0.0978. The number of likely N-dealkylation sites (N-methyl/N-ethyl adjacent to an activating group) is 1. The zero-order valence-corrected chi connectivity index (χ0v) is 19.8. The molecule has 0 bridgehead atoms. The van der Waals surface area contributed by atoms with Crippen molar-refractivity contribution in [2.24, 2.45) is 0 Å². The Labute approximate surface area is 188 Å². The highest BCUT2D eigenvalue weighted by Gasteiger charge is 2.25. The average Bonchev–Trinajstić information content (AvgIpc) is 3.39. The third kappa shape index (κ3) is 4.94. The number of carbonyl (C=O) groups is 1. The van der Waals surface area contributed by atoms with E-state index in [0.717, 1.165) is 47.7 Å². The first-order chi connectivity index (χ1) is 14.0. The van der Waals surface area contributed by atoms with Crippen molar-refractivity contribution in [3.05, 3.63) is 35.7 Å². The zero-order chi connectivity index (χ0) is 21.0. The van der Waals surface area contributed by atoms with E-state index in [0.29, 0.717) is 17.4 Å². The Kier molecular flexibility index (Phi) is 8.64. The smallest absolute Gasteiger partial charge is 0.280 e. The molecule has 0 aliphatic rings. The number of amides is 1. The highest BCUT2D eigenvalue weighted by Crippen LogP contribution is 2.36.